The summed E-state index contributed by atoms with van der Waals surface area (Å²) in [5.41, 5.74) is 3.76. The second-order valence-electron chi connectivity index (χ2n) is 8.80. The Bertz CT molecular complexity index is 1240. The molecule has 3 heterocycles. The lowest BCUT2D eigenvalue weighted by molar-refractivity contribution is 0.0433. The number of hydrogen-bond acceptors (Lipinski definition) is 6. The van der Waals surface area contributed by atoms with Gasteiger partial charge in [-0.25, -0.2) is 4.98 Å². The van der Waals surface area contributed by atoms with E-state index in [2.05, 4.69) is 32.7 Å². The summed E-state index contributed by atoms with van der Waals surface area (Å²) in [6, 6.07) is 13.7. The fraction of sp³-hybridized carbons (Fsp3) is 0.320. The number of amides is 1. The Morgan fingerprint density at radius 2 is 1.97 bits per heavy atom. The van der Waals surface area contributed by atoms with Crippen molar-refractivity contribution in [2.75, 3.05) is 16.8 Å². The number of benzene rings is 2. The van der Waals surface area contributed by atoms with Gasteiger partial charge in [-0.05, 0) is 61.2 Å². The first-order valence-electron chi connectivity index (χ1n) is 11.4. The first kappa shape index (κ1) is 20.4. The number of hydrogen-bond donors (Lipinski definition) is 2. The van der Waals surface area contributed by atoms with Crippen LogP contribution in [0, 0.1) is 0 Å². The number of fused-ring (bicyclic) bond motifs is 2. The number of rotatable bonds is 3. The van der Waals surface area contributed by atoms with Gasteiger partial charge >= 0.3 is 0 Å². The fourth-order valence-electron chi connectivity index (χ4n) is 5.08. The van der Waals surface area contributed by atoms with Crippen LogP contribution in [-0.4, -0.2) is 28.1 Å². The van der Waals surface area contributed by atoms with E-state index in [1.165, 1.54) is 11.1 Å². The van der Waals surface area contributed by atoms with Gasteiger partial charge in [-0.3, -0.25) is 9.69 Å². The Hall–Kier alpha value is -3.16. The fourth-order valence-corrected chi connectivity index (χ4v) is 5.30. The van der Waals surface area contributed by atoms with Gasteiger partial charge in [0.05, 0.1) is 10.7 Å². The zero-order chi connectivity index (χ0) is 22.4. The van der Waals surface area contributed by atoms with Crippen molar-refractivity contribution in [1.29, 1.82) is 0 Å². The molecule has 1 aliphatic carbocycles. The van der Waals surface area contributed by atoms with Crippen LogP contribution in [0.5, 0.6) is 5.88 Å². The molecule has 7 nitrogen and oxygen atoms in total. The molecule has 2 N–H and O–H groups in total. The van der Waals surface area contributed by atoms with Gasteiger partial charge in [0.15, 0.2) is 5.72 Å². The highest BCUT2D eigenvalue weighted by atomic mass is 35.5. The summed E-state index contributed by atoms with van der Waals surface area (Å²) in [5, 5.41) is 7.19. The number of nitrogens with one attached hydrogen (secondary N) is 2. The zero-order valence-corrected chi connectivity index (χ0v) is 18.9. The van der Waals surface area contributed by atoms with Gasteiger partial charge in [0.2, 0.25) is 11.8 Å². The molecule has 8 heteroatoms. The maximum absolute atomic E-state index is 13.6. The van der Waals surface area contributed by atoms with Gasteiger partial charge in [-0.1, -0.05) is 29.8 Å². The van der Waals surface area contributed by atoms with Crippen molar-refractivity contribution in [3.8, 4) is 5.88 Å². The SMILES string of the molecule is O=C1c2cnc(Nc3ccc4c(c3)CNCC4)nc2OC2(CCCC2)N1c1ccccc1Cl. The highest BCUT2D eigenvalue weighted by molar-refractivity contribution is 6.34. The van der Waals surface area contributed by atoms with E-state index < -0.39 is 5.72 Å². The van der Waals surface area contributed by atoms with E-state index in [0.717, 1.165) is 50.9 Å². The minimum absolute atomic E-state index is 0.183. The summed E-state index contributed by atoms with van der Waals surface area (Å²) in [6.07, 6.45) is 5.98. The Balaban J connectivity index is 1.35. The number of anilines is 3. The third kappa shape index (κ3) is 3.52. The second-order valence-corrected chi connectivity index (χ2v) is 9.20. The molecule has 2 aromatic carbocycles. The van der Waals surface area contributed by atoms with Crippen LogP contribution in [0.2, 0.25) is 5.02 Å². The van der Waals surface area contributed by atoms with Crippen LogP contribution in [0.4, 0.5) is 17.3 Å². The summed E-state index contributed by atoms with van der Waals surface area (Å²) in [6.45, 7) is 1.86. The van der Waals surface area contributed by atoms with Crippen molar-refractivity contribution in [2.24, 2.45) is 0 Å². The van der Waals surface area contributed by atoms with Crippen LogP contribution >= 0.6 is 11.6 Å². The molecule has 168 valence electrons. The molecule has 0 saturated heterocycles. The van der Waals surface area contributed by atoms with Gasteiger partial charge in [0.1, 0.15) is 5.56 Å². The molecule has 1 spiro atoms. The van der Waals surface area contributed by atoms with Gasteiger partial charge in [-0.15, -0.1) is 0 Å². The average Bonchev–Trinajstić information content (AvgIpc) is 3.28. The van der Waals surface area contributed by atoms with Crippen molar-refractivity contribution in [1.82, 2.24) is 15.3 Å². The van der Waals surface area contributed by atoms with Crippen molar-refractivity contribution in [3.63, 3.8) is 0 Å². The first-order valence-corrected chi connectivity index (χ1v) is 11.8. The van der Waals surface area contributed by atoms with Crippen LogP contribution in [0.1, 0.15) is 47.2 Å². The molecule has 6 rings (SSSR count). The Morgan fingerprint density at radius 1 is 1.12 bits per heavy atom. The molecular weight excluding hydrogens is 438 g/mol. The predicted octanol–water partition coefficient (Wildman–Crippen LogP) is 4.83. The average molecular weight is 462 g/mol. The highest BCUT2D eigenvalue weighted by Gasteiger charge is 2.51. The number of aromatic nitrogens is 2. The van der Waals surface area contributed by atoms with E-state index in [0.29, 0.717) is 28.1 Å². The smallest absolute Gasteiger partial charge is 0.268 e. The number of halogens is 1. The number of carbonyl (C=O) groups is 1. The highest BCUT2D eigenvalue weighted by Crippen LogP contribution is 2.46. The quantitative estimate of drug-likeness (QED) is 0.581. The minimum atomic E-state index is -0.780. The monoisotopic (exact) mass is 461 g/mol. The molecule has 1 saturated carbocycles. The molecule has 0 atom stereocenters. The topological polar surface area (TPSA) is 79.4 Å². The maximum atomic E-state index is 13.6. The zero-order valence-electron chi connectivity index (χ0n) is 18.1. The Kier molecular flexibility index (Phi) is 4.96. The largest absolute Gasteiger partial charge is 0.450 e. The molecule has 3 aliphatic rings. The van der Waals surface area contributed by atoms with Crippen LogP contribution in [0.25, 0.3) is 0 Å². The van der Waals surface area contributed by atoms with Crippen molar-refractivity contribution in [2.45, 2.75) is 44.4 Å². The van der Waals surface area contributed by atoms with E-state index in [1.54, 1.807) is 17.2 Å². The van der Waals surface area contributed by atoms with Gasteiger partial charge in [0, 0.05) is 31.3 Å². The molecule has 33 heavy (non-hydrogen) atoms. The number of ether oxygens (including phenoxy) is 1. The van der Waals surface area contributed by atoms with E-state index >= 15 is 0 Å². The molecule has 3 aromatic rings. The molecule has 1 amide bonds. The molecule has 0 bridgehead atoms. The molecule has 0 radical (unpaired) electrons. The van der Waals surface area contributed by atoms with Crippen LogP contribution in [0.3, 0.4) is 0 Å². The van der Waals surface area contributed by atoms with Crippen LogP contribution in [-0.2, 0) is 13.0 Å². The van der Waals surface area contributed by atoms with E-state index in [9.17, 15) is 4.79 Å². The summed E-state index contributed by atoms with van der Waals surface area (Å²) in [7, 11) is 0. The molecular formula is C25H24ClN5O2. The van der Waals surface area contributed by atoms with E-state index in [4.69, 9.17) is 16.3 Å². The third-order valence-electron chi connectivity index (χ3n) is 6.71. The van der Waals surface area contributed by atoms with Crippen molar-refractivity contribution < 1.29 is 9.53 Å². The van der Waals surface area contributed by atoms with Gasteiger partial charge in [-0.2, -0.15) is 4.98 Å². The standard InChI is InChI=1S/C25H24ClN5O2/c26-20-5-1-2-6-21(20)31-23(32)19-15-28-24(30-22(19)33-25(31)10-3-4-11-25)29-18-8-7-16-9-12-27-14-17(16)13-18/h1-2,5-8,13,15,27H,3-4,9-12,14H2,(H,28,29,30). The molecule has 1 aromatic heterocycles. The van der Waals surface area contributed by atoms with Crippen LogP contribution in [0.15, 0.2) is 48.7 Å². The minimum Gasteiger partial charge on any atom is -0.450 e. The van der Waals surface area contributed by atoms with Gasteiger partial charge < -0.3 is 15.4 Å². The Labute approximate surface area is 197 Å². The van der Waals surface area contributed by atoms with Crippen molar-refractivity contribution >= 4 is 34.8 Å². The second kappa shape index (κ2) is 8.01. The Morgan fingerprint density at radius 3 is 2.82 bits per heavy atom. The maximum Gasteiger partial charge on any atom is 0.268 e. The molecule has 1 fully saturated rings. The lowest BCUT2D eigenvalue weighted by Gasteiger charge is -2.44. The number of carbonyl (C=O) groups excluding carboxylic acids is 1. The number of nitrogens with zero attached hydrogens (tertiary/aromatic N) is 3. The summed E-state index contributed by atoms with van der Waals surface area (Å²) in [5.74, 6) is 0.546. The summed E-state index contributed by atoms with van der Waals surface area (Å²) >= 11 is 6.48. The first-order chi connectivity index (χ1) is 16.1. The summed E-state index contributed by atoms with van der Waals surface area (Å²) in [4.78, 5) is 24.4. The lowest BCUT2D eigenvalue weighted by Crippen LogP contribution is -2.58. The van der Waals surface area contributed by atoms with E-state index in [-0.39, 0.29) is 5.91 Å². The number of para-hydroxylation sites is 1. The third-order valence-corrected chi connectivity index (χ3v) is 7.03. The molecule has 0 unspecified atom stereocenters. The normalized spacial score (nSPS) is 18.6. The van der Waals surface area contributed by atoms with Crippen LogP contribution < -0.4 is 20.3 Å². The van der Waals surface area contributed by atoms with Gasteiger partial charge in [0.25, 0.3) is 5.91 Å². The summed E-state index contributed by atoms with van der Waals surface area (Å²) < 4.78 is 6.49. The molecule has 2 aliphatic heterocycles. The van der Waals surface area contributed by atoms with Crippen molar-refractivity contribution in [3.05, 3.63) is 70.4 Å². The lowest BCUT2D eigenvalue weighted by atomic mass is 10.0. The predicted molar refractivity (Wildman–Crippen MR) is 127 cm³/mol. The van der Waals surface area contributed by atoms with E-state index in [1.807, 2.05) is 24.3 Å².